The van der Waals surface area contributed by atoms with E-state index in [0.717, 1.165) is 0 Å². The highest BCUT2D eigenvalue weighted by Crippen LogP contribution is 2.14. The first-order valence-corrected chi connectivity index (χ1v) is 4.22. The Balaban J connectivity index is 2.52. The quantitative estimate of drug-likeness (QED) is 0.739. The summed E-state index contributed by atoms with van der Waals surface area (Å²) in [4.78, 5) is 15.1. The molecule has 5 heteroatoms. The predicted molar refractivity (Wildman–Crippen MR) is 53.8 cm³/mol. The van der Waals surface area contributed by atoms with Crippen molar-refractivity contribution in [3.8, 4) is 0 Å². The van der Waals surface area contributed by atoms with Crippen LogP contribution in [0.3, 0.4) is 0 Å². The van der Waals surface area contributed by atoms with Crippen molar-refractivity contribution in [2.45, 2.75) is 6.42 Å². The van der Waals surface area contributed by atoms with Gasteiger partial charge in [0.1, 0.15) is 0 Å². The third-order valence-electron chi connectivity index (χ3n) is 1.66. The molecule has 76 valence electrons. The number of nitrogens with two attached hydrogens (primary N) is 1. The molecule has 0 unspecified atom stereocenters. The van der Waals surface area contributed by atoms with Crippen molar-refractivity contribution in [1.82, 2.24) is 4.98 Å². The third-order valence-corrected chi connectivity index (χ3v) is 1.66. The summed E-state index contributed by atoms with van der Waals surface area (Å²) in [6.07, 6.45) is 3.38. The van der Waals surface area contributed by atoms with Crippen LogP contribution in [0, 0.1) is 0 Å². The van der Waals surface area contributed by atoms with Gasteiger partial charge in [-0.15, -0.1) is 0 Å². The second-order valence-corrected chi connectivity index (χ2v) is 2.75. The van der Waals surface area contributed by atoms with Crippen LogP contribution in [0.4, 0.5) is 11.4 Å². The standard InChI is InChI=1S/C9H13N3O2/c1-14-5-3-9(13)12-8-2-4-11-6-7(8)10/h2,4,6H,3,5,10H2,1H3,(H,11,12,13). The molecule has 1 aromatic heterocycles. The maximum Gasteiger partial charge on any atom is 0.226 e. The van der Waals surface area contributed by atoms with E-state index in [4.69, 9.17) is 10.5 Å². The lowest BCUT2D eigenvalue weighted by Gasteiger charge is -2.06. The molecule has 0 atom stereocenters. The van der Waals surface area contributed by atoms with Crippen LogP contribution in [0.15, 0.2) is 18.5 Å². The lowest BCUT2D eigenvalue weighted by molar-refractivity contribution is -0.117. The molecular weight excluding hydrogens is 182 g/mol. The van der Waals surface area contributed by atoms with E-state index in [-0.39, 0.29) is 5.91 Å². The fourth-order valence-electron chi connectivity index (χ4n) is 0.928. The van der Waals surface area contributed by atoms with Crippen molar-refractivity contribution in [3.05, 3.63) is 18.5 Å². The molecule has 1 aromatic rings. The average molecular weight is 195 g/mol. The number of anilines is 2. The number of hydrogen-bond acceptors (Lipinski definition) is 4. The van der Waals surface area contributed by atoms with Gasteiger partial charge in [-0.2, -0.15) is 0 Å². The molecule has 0 aliphatic heterocycles. The number of ether oxygens (including phenoxy) is 1. The minimum atomic E-state index is -0.121. The normalized spacial score (nSPS) is 9.79. The van der Waals surface area contributed by atoms with Crippen molar-refractivity contribution in [3.63, 3.8) is 0 Å². The second kappa shape index (κ2) is 5.18. The van der Waals surface area contributed by atoms with E-state index in [9.17, 15) is 4.79 Å². The number of aromatic nitrogens is 1. The molecule has 3 N–H and O–H groups in total. The van der Waals surface area contributed by atoms with Gasteiger partial charge < -0.3 is 15.8 Å². The van der Waals surface area contributed by atoms with Gasteiger partial charge in [0.15, 0.2) is 0 Å². The van der Waals surface area contributed by atoms with Crippen molar-refractivity contribution in [2.24, 2.45) is 0 Å². The first kappa shape index (κ1) is 10.5. The van der Waals surface area contributed by atoms with Crippen molar-refractivity contribution < 1.29 is 9.53 Å². The molecule has 0 fully saturated rings. The summed E-state index contributed by atoms with van der Waals surface area (Å²) in [7, 11) is 1.55. The van der Waals surface area contributed by atoms with Crippen LogP contribution in [-0.2, 0) is 9.53 Å². The Morgan fingerprint density at radius 2 is 2.50 bits per heavy atom. The minimum absolute atomic E-state index is 0.121. The first-order valence-electron chi connectivity index (χ1n) is 4.22. The highest BCUT2D eigenvalue weighted by atomic mass is 16.5. The maximum absolute atomic E-state index is 11.3. The zero-order valence-electron chi connectivity index (χ0n) is 7.99. The van der Waals surface area contributed by atoms with Crippen molar-refractivity contribution in [2.75, 3.05) is 24.8 Å². The van der Waals surface area contributed by atoms with Gasteiger partial charge in [-0.1, -0.05) is 0 Å². The van der Waals surface area contributed by atoms with E-state index in [1.807, 2.05) is 0 Å². The van der Waals surface area contributed by atoms with Gasteiger partial charge in [0.05, 0.1) is 30.6 Å². The number of hydrogen-bond donors (Lipinski definition) is 2. The summed E-state index contributed by atoms with van der Waals surface area (Å²) in [6.45, 7) is 0.400. The third kappa shape index (κ3) is 3.02. The molecule has 0 radical (unpaired) electrons. The van der Waals surface area contributed by atoms with Gasteiger partial charge in [-0.25, -0.2) is 0 Å². The van der Waals surface area contributed by atoms with E-state index in [2.05, 4.69) is 10.3 Å². The Kier molecular flexibility index (Phi) is 3.87. The summed E-state index contributed by atoms with van der Waals surface area (Å²) < 4.78 is 4.78. The highest BCUT2D eigenvalue weighted by Gasteiger charge is 2.03. The lowest BCUT2D eigenvalue weighted by Crippen LogP contribution is -2.14. The maximum atomic E-state index is 11.3. The Morgan fingerprint density at radius 1 is 1.71 bits per heavy atom. The van der Waals surface area contributed by atoms with E-state index in [0.29, 0.717) is 24.4 Å². The molecular formula is C9H13N3O2. The first-order chi connectivity index (χ1) is 6.74. The van der Waals surface area contributed by atoms with E-state index in [1.165, 1.54) is 6.20 Å². The van der Waals surface area contributed by atoms with Crippen LogP contribution >= 0.6 is 0 Å². The summed E-state index contributed by atoms with van der Waals surface area (Å²) in [5, 5.41) is 2.66. The van der Waals surface area contributed by atoms with Crippen LogP contribution in [0.1, 0.15) is 6.42 Å². The molecule has 0 saturated heterocycles. The summed E-state index contributed by atoms with van der Waals surface area (Å²) in [5.74, 6) is -0.121. The topological polar surface area (TPSA) is 77.2 Å². The fourth-order valence-corrected chi connectivity index (χ4v) is 0.928. The number of nitrogen functional groups attached to an aromatic ring is 1. The fraction of sp³-hybridized carbons (Fsp3) is 0.333. The highest BCUT2D eigenvalue weighted by molar-refractivity contribution is 5.93. The molecule has 1 heterocycles. The Bertz CT molecular complexity index is 315. The molecule has 0 aromatic carbocycles. The Morgan fingerprint density at radius 3 is 3.14 bits per heavy atom. The molecule has 0 spiro atoms. The van der Waals surface area contributed by atoms with Crippen LogP contribution < -0.4 is 11.1 Å². The second-order valence-electron chi connectivity index (χ2n) is 2.75. The smallest absolute Gasteiger partial charge is 0.226 e. The number of pyridine rings is 1. The Hall–Kier alpha value is -1.62. The minimum Gasteiger partial charge on any atom is -0.396 e. The molecule has 1 rings (SSSR count). The molecule has 0 aliphatic rings. The van der Waals surface area contributed by atoms with Crippen molar-refractivity contribution >= 4 is 17.3 Å². The van der Waals surface area contributed by atoms with Gasteiger partial charge >= 0.3 is 0 Å². The summed E-state index contributed by atoms with van der Waals surface area (Å²) >= 11 is 0. The molecule has 0 bridgehead atoms. The van der Waals surface area contributed by atoms with E-state index >= 15 is 0 Å². The zero-order valence-corrected chi connectivity index (χ0v) is 7.99. The predicted octanol–water partition coefficient (Wildman–Crippen LogP) is 0.639. The number of nitrogens with zero attached hydrogens (tertiary/aromatic N) is 1. The van der Waals surface area contributed by atoms with Gasteiger partial charge in [0.2, 0.25) is 5.91 Å². The zero-order chi connectivity index (χ0) is 10.4. The van der Waals surface area contributed by atoms with Gasteiger partial charge in [-0.05, 0) is 6.07 Å². The summed E-state index contributed by atoms with van der Waals surface area (Å²) in [6, 6.07) is 1.65. The number of carbonyl (C=O) groups is 1. The van der Waals surface area contributed by atoms with Crippen LogP contribution in [0.2, 0.25) is 0 Å². The van der Waals surface area contributed by atoms with Gasteiger partial charge in [0, 0.05) is 13.3 Å². The molecule has 0 aliphatic carbocycles. The van der Waals surface area contributed by atoms with Gasteiger partial charge in [-0.3, -0.25) is 9.78 Å². The number of rotatable bonds is 4. The SMILES string of the molecule is COCCC(=O)Nc1ccncc1N. The number of amides is 1. The average Bonchev–Trinajstić information content (AvgIpc) is 2.18. The Labute approximate surface area is 82.3 Å². The molecule has 14 heavy (non-hydrogen) atoms. The van der Waals surface area contributed by atoms with Gasteiger partial charge in [0.25, 0.3) is 0 Å². The largest absolute Gasteiger partial charge is 0.396 e. The summed E-state index contributed by atoms with van der Waals surface area (Å²) in [5.41, 5.74) is 6.63. The number of methoxy groups -OCH3 is 1. The number of nitrogens with one attached hydrogen (secondary N) is 1. The molecule has 1 amide bonds. The van der Waals surface area contributed by atoms with Crippen LogP contribution in [0.25, 0.3) is 0 Å². The van der Waals surface area contributed by atoms with Crippen molar-refractivity contribution in [1.29, 1.82) is 0 Å². The van der Waals surface area contributed by atoms with Crippen LogP contribution in [-0.4, -0.2) is 24.6 Å². The number of carbonyl (C=O) groups excluding carboxylic acids is 1. The lowest BCUT2D eigenvalue weighted by atomic mass is 10.3. The molecule has 0 saturated carbocycles. The molecule has 5 nitrogen and oxygen atoms in total. The van der Waals surface area contributed by atoms with Crippen LogP contribution in [0.5, 0.6) is 0 Å². The van der Waals surface area contributed by atoms with E-state index in [1.54, 1.807) is 19.4 Å². The monoisotopic (exact) mass is 195 g/mol. The van der Waals surface area contributed by atoms with E-state index < -0.39 is 0 Å².